The van der Waals surface area contributed by atoms with Crippen LogP contribution in [-0.2, 0) is 19.0 Å². The number of ether oxygens (including phenoxy) is 3. The van der Waals surface area contributed by atoms with Crippen molar-refractivity contribution in [2.24, 2.45) is 62.6 Å². The van der Waals surface area contributed by atoms with Gasteiger partial charge in [0.25, 0.3) is 0 Å². The van der Waals surface area contributed by atoms with Gasteiger partial charge in [0.1, 0.15) is 0 Å². The van der Waals surface area contributed by atoms with E-state index in [4.69, 9.17) is 14.2 Å². The molecule has 0 aromatic carbocycles. The lowest BCUT2D eigenvalue weighted by atomic mass is 9.34. The lowest BCUT2D eigenvalue weighted by Crippen LogP contribution is -2.70. The minimum atomic E-state index is -0.599. The van der Waals surface area contributed by atoms with Gasteiger partial charge in [-0.3, -0.25) is 4.79 Å². The number of carbonyl (C=O) groups is 1. The van der Waals surface area contributed by atoms with Crippen LogP contribution in [0.3, 0.4) is 0 Å². The van der Waals surface area contributed by atoms with Gasteiger partial charge in [-0.1, -0.05) is 74.0 Å². The molecule has 4 aliphatic carbocycles. The van der Waals surface area contributed by atoms with E-state index in [-0.39, 0.29) is 50.7 Å². The Morgan fingerprint density at radius 3 is 2.34 bits per heavy atom. The Morgan fingerprint density at radius 2 is 1.77 bits per heavy atom. The molecule has 12 atom stereocenters. The molecule has 5 rings (SSSR count). The molecule has 1 aliphatic heterocycles. The summed E-state index contributed by atoms with van der Waals surface area (Å²) in [6.45, 7) is 25.1. The lowest BCUT2D eigenvalue weighted by Gasteiger charge is -2.71. The van der Waals surface area contributed by atoms with Crippen molar-refractivity contribution >= 4 is 5.97 Å². The molecular weight excluding hydrogens is 550 g/mol. The number of allylic oxidation sites excluding steroid dienone is 1. The number of aliphatic carboxylic acids is 1. The van der Waals surface area contributed by atoms with Crippen molar-refractivity contribution in [3.8, 4) is 0 Å². The summed E-state index contributed by atoms with van der Waals surface area (Å²) in [7, 11) is 3.90. The molecular formula is C38H65NO5. The quantitative estimate of drug-likeness (QED) is 0.260. The standard InChI is InChI=1S/C38H65NO5/c1-23(2)25(5)33(6)17-18-35(8)26-13-14-29-34(7)20-43-22-38(29,27(26)15-16-36(35,9)30(33)32(40)41)19-28(42-12)31(34)44-21-37(10,39-11)24(3)4/h15,23-26,28-31,39H,13-14,16-22H2,1-12H3,(H,40,41)/t25-,26+,28-,29+,30-,31+,33-,34+,35-,36+,37-,38+/m1/s1. The van der Waals surface area contributed by atoms with Gasteiger partial charge in [-0.05, 0) is 98.3 Å². The van der Waals surface area contributed by atoms with Crippen molar-refractivity contribution in [1.82, 2.24) is 5.32 Å². The maximum Gasteiger partial charge on any atom is 0.307 e. The second kappa shape index (κ2) is 11.3. The highest BCUT2D eigenvalue weighted by atomic mass is 16.5. The number of methoxy groups -OCH3 is 1. The predicted octanol–water partition coefficient (Wildman–Crippen LogP) is 7.61. The number of nitrogens with one attached hydrogen (secondary N) is 1. The van der Waals surface area contributed by atoms with Crippen molar-refractivity contribution < 1.29 is 24.1 Å². The molecule has 2 N–H and O–H groups in total. The van der Waals surface area contributed by atoms with Crippen LogP contribution in [0.15, 0.2) is 11.6 Å². The van der Waals surface area contributed by atoms with E-state index in [1.54, 1.807) is 5.57 Å². The third kappa shape index (κ3) is 4.57. The maximum atomic E-state index is 13.3. The Labute approximate surface area is 268 Å². The monoisotopic (exact) mass is 615 g/mol. The first-order valence-corrected chi connectivity index (χ1v) is 17.8. The van der Waals surface area contributed by atoms with E-state index in [2.05, 4.69) is 80.6 Å². The fraction of sp³-hybridized carbons (Fsp3) is 0.921. The molecule has 6 heteroatoms. The van der Waals surface area contributed by atoms with E-state index in [1.807, 2.05) is 14.2 Å². The van der Waals surface area contributed by atoms with E-state index in [9.17, 15) is 9.90 Å². The number of carboxylic acids is 1. The minimum Gasteiger partial charge on any atom is -0.481 e. The largest absolute Gasteiger partial charge is 0.481 e. The fourth-order valence-corrected chi connectivity index (χ4v) is 11.9. The Hall–Kier alpha value is -0.950. The predicted molar refractivity (Wildman–Crippen MR) is 176 cm³/mol. The van der Waals surface area contributed by atoms with Crippen LogP contribution in [0.25, 0.3) is 0 Å². The van der Waals surface area contributed by atoms with Gasteiger partial charge in [-0.25, -0.2) is 0 Å². The van der Waals surface area contributed by atoms with Gasteiger partial charge < -0.3 is 24.6 Å². The van der Waals surface area contributed by atoms with Crippen LogP contribution in [-0.4, -0.2) is 62.8 Å². The third-order valence-electron chi connectivity index (χ3n) is 15.8. The van der Waals surface area contributed by atoms with Crippen LogP contribution in [0, 0.1) is 62.6 Å². The Kier molecular flexibility index (Phi) is 8.86. The van der Waals surface area contributed by atoms with Crippen LogP contribution in [0.1, 0.15) is 108 Å². The SMILES string of the molecule is CN[C@](C)(CO[C@H]1[C@H](OC)C[C@@]23COC[C@@]1(C)[C@@H]2CC[C@H]1C3=CC[C@@]2(C)[C@H](C(=O)O)[C@@](C)([C@H](C)C(C)C)CC[C@]12C)C(C)C. The number of rotatable bonds is 9. The summed E-state index contributed by atoms with van der Waals surface area (Å²) in [5.74, 6) is 1.08. The summed E-state index contributed by atoms with van der Waals surface area (Å²) in [5, 5.41) is 14.5. The van der Waals surface area contributed by atoms with Gasteiger partial charge >= 0.3 is 5.97 Å². The van der Waals surface area contributed by atoms with Crippen LogP contribution in [0.5, 0.6) is 0 Å². The van der Waals surface area contributed by atoms with E-state index >= 15 is 0 Å². The summed E-state index contributed by atoms with van der Waals surface area (Å²) in [4.78, 5) is 13.3. The molecule has 2 bridgehead atoms. The lowest BCUT2D eigenvalue weighted by molar-refractivity contribution is -0.270. The summed E-state index contributed by atoms with van der Waals surface area (Å²) in [6, 6.07) is 0. The van der Waals surface area contributed by atoms with Gasteiger partial charge in [0.05, 0.1) is 37.9 Å². The van der Waals surface area contributed by atoms with Gasteiger partial charge in [0.2, 0.25) is 0 Å². The summed E-state index contributed by atoms with van der Waals surface area (Å²) >= 11 is 0. The van der Waals surface area contributed by atoms with E-state index in [0.29, 0.717) is 42.8 Å². The first-order chi connectivity index (χ1) is 20.4. The Balaban J connectivity index is 1.54. The average molecular weight is 616 g/mol. The first-order valence-electron chi connectivity index (χ1n) is 17.8. The van der Waals surface area contributed by atoms with Gasteiger partial charge in [-0.15, -0.1) is 0 Å². The van der Waals surface area contributed by atoms with Crippen molar-refractivity contribution in [1.29, 1.82) is 0 Å². The number of fused-ring (bicyclic) bond motifs is 3. The number of hydrogen-bond acceptors (Lipinski definition) is 5. The molecule has 252 valence electrons. The minimum absolute atomic E-state index is 0.0116. The molecule has 0 aromatic heterocycles. The Bertz CT molecular complexity index is 1140. The highest BCUT2D eigenvalue weighted by Gasteiger charge is 2.71. The second-order valence-corrected chi connectivity index (χ2v) is 17.9. The number of hydrogen-bond donors (Lipinski definition) is 2. The average Bonchev–Trinajstić information content (AvgIpc) is 2.95. The normalized spacial score (nSPS) is 47.2. The summed E-state index contributed by atoms with van der Waals surface area (Å²) < 4.78 is 19.9. The maximum absolute atomic E-state index is 13.3. The van der Waals surface area contributed by atoms with Crippen molar-refractivity contribution in [3.05, 3.63) is 11.6 Å². The van der Waals surface area contributed by atoms with Crippen LogP contribution in [0.2, 0.25) is 0 Å². The number of carboxylic acid groups (broad SMARTS) is 1. The molecule has 0 spiro atoms. The Morgan fingerprint density at radius 1 is 1.09 bits per heavy atom. The molecule has 0 radical (unpaired) electrons. The topological polar surface area (TPSA) is 77.0 Å². The molecule has 0 unspecified atom stereocenters. The summed E-state index contributed by atoms with van der Waals surface area (Å²) in [6.07, 6.45) is 8.52. The van der Waals surface area contributed by atoms with Gasteiger partial charge in [0.15, 0.2) is 0 Å². The fourth-order valence-electron chi connectivity index (χ4n) is 11.9. The molecule has 1 saturated heterocycles. The highest BCUT2D eigenvalue weighted by molar-refractivity contribution is 5.73. The van der Waals surface area contributed by atoms with Crippen LogP contribution >= 0.6 is 0 Å². The number of likely N-dealkylation sites (N-methyl/N-ethyl adjacent to an activating group) is 1. The van der Waals surface area contributed by atoms with E-state index in [0.717, 1.165) is 45.1 Å². The molecule has 0 aromatic rings. The molecule has 6 nitrogen and oxygen atoms in total. The zero-order valence-electron chi connectivity index (χ0n) is 30.1. The molecule has 5 aliphatic rings. The van der Waals surface area contributed by atoms with Gasteiger partial charge in [0, 0.05) is 23.5 Å². The van der Waals surface area contributed by atoms with Crippen LogP contribution in [0.4, 0.5) is 0 Å². The van der Waals surface area contributed by atoms with Crippen LogP contribution < -0.4 is 5.32 Å². The zero-order chi connectivity index (χ0) is 32.7. The van der Waals surface area contributed by atoms with Crippen molar-refractivity contribution in [2.45, 2.75) is 126 Å². The van der Waals surface area contributed by atoms with Crippen molar-refractivity contribution in [2.75, 3.05) is 34.0 Å². The first kappa shape index (κ1) is 34.4. The van der Waals surface area contributed by atoms with Gasteiger partial charge in [-0.2, -0.15) is 0 Å². The molecule has 1 heterocycles. The smallest absolute Gasteiger partial charge is 0.307 e. The molecule has 44 heavy (non-hydrogen) atoms. The van der Waals surface area contributed by atoms with Crippen molar-refractivity contribution in [3.63, 3.8) is 0 Å². The van der Waals surface area contributed by atoms with E-state index in [1.165, 1.54) is 0 Å². The van der Waals surface area contributed by atoms with E-state index < -0.39 is 5.97 Å². The second-order valence-electron chi connectivity index (χ2n) is 17.9. The molecule has 3 saturated carbocycles. The zero-order valence-corrected chi connectivity index (χ0v) is 30.1. The highest BCUT2D eigenvalue weighted by Crippen LogP contribution is 2.75. The molecule has 0 amide bonds. The summed E-state index contributed by atoms with van der Waals surface area (Å²) in [5.41, 5.74) is 0.591. The third-order valence-corrected chi connectivity index (χ3v) is 15.8. The molecule has 4 fully saturated rings.